The summed E-state index contributed by atoms with van der Waals surface area (Å²) in [6.07, 6.45) is -5.84. The van der Waals surface area contributed by atoms with E-state index in [4.69, 9.17) is 9.47 Å². The van der Waals surface area contributed by atoms with Crippen molar-refractivity contribution in [3.05, 3.63) is 0 Å². The van der Waals surface area contributed by atoms with Gasteiger partial charge in [-0.15, -0.1) is 0 Å². The van der Waals surface area contributed by atoms with Crippen LogP contribution in [-0.2, 0) is 23.9 Å². The zero-order valence-corrected chi connectivity index (χ0v) is 27.1. The number of carboxylic acids is 2. The average Bonchev–Trinajstić information content (AvgIpc) is 3.11. The van der Waals surface area contributed by atoms with Gasteiger partial charge in [-0.1, -0.05) is 13.8 Å². The molecule has 0 aromatic carbocycles. The van der Waals surface area contributed by atoms with Crippen LogP contribution in [0.3, 0.4) is 0 Å². The number of Topliss-reactive ketones (excluding diaryl/α,β-unsaturated/α-hetero) is 1. The first-order chi connectivity index (χ1) is 17.2. The Bertz CT molecular complexity index is 982. The van der Waals surface area contributed by atoms with Gasteiger partial charge in [0.1, 0.15) is 36.1 Å². The number of aliphatic hydroxyl groups is 4. The molecule has 0 radical (unpaired) electrons. The van der Waals surface area contributed by atoms with Crippen LogP contribution in [0.2, 0.25) is 0 Å². The Morgan fingerprint density at radius 3 is 2.21 bits per heavy atom. The molecule has 39 heavy (non-hydrogen) atoms. The number of ether oxygens (including phenoxy) is 2. The number of hydrogen-bond acceptors (Lipinski definition) is 11. The first-order valence-electron chi connectivity index (χ1n) is 13.3. The Morgan fingerprint density at radius 2 is 1.59 bits per heavy atom. The molecule has 1 heterocycles. The summed E-state index contributed by atoms with van der Waals surface area (Å²) in [4.78, 5) is 36.5. The molecule has 13 heteroatoms. The van der Waals surface area contributed by atoms with Gasteiger partial charge in [-0.3, -0.25) is 4.79 Å². The number of carboxylic acid groups (broad SMARTS) is 2. The largest absolute Gasteiger partial charge is 1.00 e. The molecule has 13 atom stereocenters. The first kappa shape index (κ1) is 33.9. The maximum Gasteiger partial charge on any atom is 1.00 e. The van der Waals surface area contributed by atoms with Crippen LogP contribution in [0.25, 0.3) is 0 Å². The number of fused-ring (bicyclic) bond motifs is 5. The van der Waals surface area contributed by atoms with Crippen LogP contribution in [0.15, 0.2) is 0 Å². The Hall–Kier alpha value is 0.370. The van der Waals surface area contributed by atoms with Gasteiger partial charge in [-0.05, 0) is 74.0 Å². The van der Waals surface area contributed by atoms with Crippen molar-refractivity contribution in [2.75, 3.05) is 0 Å². The number of aliphatic hydroxyl groups excluding tert-OH is 3. The van der Waals surface area contributed by atoms with Crippen molar-refractivity contribution < 1.29 is 114 Å². The average molecular weight is 571 g/mol. The normalized spacial score (nSPS) is 50.9. The van der Waals surface area contributed by atoms with E-state index >= 15 is 0 Å². The summed E-state index contributed by atoms with van der Waals surface area (Å²) < 4.78 is 10.9. The fraction of sp³-hybridized carbons (Fsp3) is 0.885. The minimum atomic E-state index is -1.91. The third-order valence-corrected chi connectivity index (χ3v) is 11.1. The molecule has 1 saturated heterocycles. The number of carbonyl (C=O) groups excluding carboxylic acids is 3. The maximum atomic E-state index is 13.3. The van der Waals surface area contributed by atoms with Gasteiger partial charge < -0.3 is 49.7 Å². The molecule has 0 aromatic heterocycles. The molecule has 11 nitrogen and oxygen atoms in total. The second-order valence-corrected chi connectivity index (χ2v) is 12.5. The van der Waals surface area contributed by atoms with Crippen molar-refractivity contribution in [1.82, 2.24) is 0 Å². The van der Waals surface area contributed by atoms with E-state index in [1.807, 2.05) is 6.92 Å². The van der Waals surface area contributed by atoms with E-state index in [0.29, 0.717) is 25.7 Å². The molecule has 5 rings (SSSR count). The van der Waals surface area contributed by atoms with Gasteiger partial charge >= 0.3 is 59.1 Å². The summed E-state index contributed by atoms with van der Waals surface area (Å²) in [5.41, 5.74) is -2.96. The Kier molecular flexibility index (Phi) is 10.3. The number of hydrogen-bond donors (Lipinski definition) is 4. The topological polar surface area (TPSA) is 197 Å². The molecule has 0 spiro atoms. The quantitative estimate of drug-likeness (QED) is 0.185. The minimum Gasteiger partial charge on any atom is -0.547 e. The first-order valence-corrected chi connectivity index (χ1v) is 13.3. The third-order valence-electron chi connectivity index (χ3n) is 11.1. The van der Waals surface area contributed by atoms with Crippen molar-refractivity contribution in [3.63, 3.8) is 0 Å². The Labute approximate surface area is 271 Å². The smallest absolute Gasteiger partial charge is 0.547 e. The molecule has 1 aliphatic heterocycles. The number of rotatable bonds is 4. The number of aliphatic carboxylic acids is 2. The summed E-state index contributed by atoms with van der Waals surface area (Å²) in [7, 11) is 0. The minimum absolute atomic E-state index is 0. The monoisotopic (exact) mass is 570 g/mol. The summed E-state index contributed by atoms with van der Waals surface area (Å²) >= 11 is 0. The Balaban J connectivity index is 0.00000210. The molecule has 4 aliphatic carbocycles. The van der Waals surface area contributed by atoms with E-state index < -0.39 is 59.8 Å². The van der Waals surface area contributed by atoms with Gasteiger partial charge in [0.15, 0.2) is 12.1 Å². The summed E-state index contributed by atoms with van der Waals surface area (Å²) in [5.74, 6) is -2.92. The van der Waals surface area contributed by atoms with Crippen LogP contribution in [-0.4, -0.2) is 80.6 Å². The fourth-order valence-electron chi connectivity index (χ4n) is 8.88. The van der Waals surface area contributed by atoms with Crippen LogP contribution in [0.4, 0.5) is 0 Å². The molecular formula is C26H36Na2O11. The SMILES string of the molecule is C[C@]12CC(=O)[C@@H](O[C@@H]3O[C@H](C(=O)[O-])[C@@H](O)[C@H](O)[C@H]3O)C[C@H]1CC[C@@H]1[C@@H]2CC[C@@]2(C)[C@H]1CC[C@]2(O)C(=O)[O-].[Na+].[Na+]. The van der Waals surface area contributed by atoms with E-state index in [1.54, 1.807) is 0 Å². The Morgan fingerprint density at radius 1 is 0.949 bits per heavy atom. The zero-order chi connectivity index (χ0) is 27.1. The second kappa shape index (κ2) is 11.8. The predicted octanol–water partition coefficient (Wildman–Crippen LogP) is -8.36. The maximum absolute atomic E-state index is 13.3. The molecule has 0 aromatic rings. The molecule has 0 unspecified atom stereocenters. The summed E-state index contributed by atoms with van der Waals surface area (Å²) in [5, 5.41) is 64.4. The molecule has 208 valence electrons. The van der Waals surface area contributed by atoms with Crippen molar-refractivity contribution in [2.24, 2.45) is 34.5 Å². The van der Waals surface area contributed by atoms with E-state index in [0.717, 1.165) is 12.8 Å². The van der Waals surface area contributed by atoms with Gasteiger partial charge in [0.05, 0.1) is 11.9 Å². The molecular weight excluding hydrogens is 534 g/mol. The van der Waals surface area contributed by atoms with Gasteiger partial charge in [0.25, 0.3) is 0 Å². The zero-order valence-electron chi connectivity index (χ0n) is 23.1. The fourth-order valence-corrected chi connectivity index (χ4v) is 8.88. The summed E-state index contributed by atoms with van der Waals surface area (Å²) in [6.45, 7) is 3.96. The van der Waals surface area contributed by atoms with Crippen LogP contribution >= 0.6 is 0 Å². The van der Waals surface area contributed by atoms with Gasteiger partial charge in [-0.2, -0.15) is 0 Å². The van der Waals surface area contributed by atoms with Crippen LogP contribution in [0.1, 0.15) is 65.2 Å². The van der Waals surface area contributed by atoms with E-state index in [-0.39, 0.29) is 107 Å². The molecule has 0 bridgehead atoms. The van der Waals surface area contributed by atoms with E-state index in [2.05, 4.69) is 6.92 Å². The van der Waals surface area contributed by atoms with Crippen LogP contribution < -0.4 is 69.3 Å². The summed E-state index contributed by atoms with van der Waals surface area (Å²) in [6, 6.07) is 0. The van der Waals surface area contributed by atoms with Crippen molar-refractivity contribution in [1.29, 1.82) is 0 Å². The molecule has 5 fully saturated rings. The standard InChI is InChI=1S/C26H38O11.2Na/c1-24-10-15(27)16(36-22-19(30)17(28)18(29)20(37-22)21(31)32)9-11(24)3-4-12-13(24)5-7-25(2)14(12)6-8-26(25,35)23(33)34;;/h11-14,16-20,22,28-30,35H,3-10H2,1-2H3,(H,31,32)(H,33,34);;/q;2*+1/p-2/t11-,12-,13+,14+,16+,17+,18+,19-,20+,22-,24+,25+,26+;;/m1../s1. The predicted molar refractivity (Wildman–Crippen MR) is 119 cm³/mol. The van der Waals surface area contributed by atoms with Gasteiger partial charge in [-0.25, -0.2) is 0 Å². The van der Waals surface area contributed by atoms with Crippen LogP contribution in [0, 0.1) is 34.5 Å². The van der Waals surface area contributed by atoms with Crippen molar-refractivity contribution in [3.8, 4) is 0 Å². The molecule has 5 aliphatic rings. The molecule has 0 amide bonds. The van der Waals surface area contributed by atoms with Gasteiger partial charge in [0, 0.05) is 11.8 Å². The molecule has 4 N–H and O–H groups in total. The second-order valence-electron chi connectivity index (χ2n) is 12.5. The van der Waals surface area contributed by atoms with Gasteiger partial charge in [0.2, 0.25) is 0 Å². The van der Waals surface area contributed by atoms with Crippen molar-refractivity contribution >= 4 is 17.7 Å². The number of carbonyl (C=O) groups is 3. The van der Waals surface area contributed by atoms with E-state index in [1.165, 1.54) is 0 Å². The van der Waals surface area contributed by atoms with Crippen LogP contribution in [0.5, 0.6) is 0 Å². The molecule has 4 saturated carbocycles. The number of ketones is 1. The van der Waals surface area contributed by atoms with E-state index in [9.17, 15) is 45.0 Å². The van der Waals surface area contributed by atoms with Crippen molar-refractivity contribution in [2.45, 2.75) is 108 Å². The third kappa shape index (κ3) is 5.14.